The predicted molar refractivity (Wildman–Crippen MR) is 100 cm³/mol. The van der Waals surface area contributed by atoms with E-state index in [0.29, 0.717) is 32.2 Å². The maximum absolute atomic E-state index is 12.2. The van der Waals surface area contributed by atoms with Crippen LogP contribution in [0.5, 0.6) is 5.75 Å². The van der Waals surface area contributed by atoms with E-state index in [1.165, 1.54) is 19.4 Å². The third kappa shape index (κ3) is 5.30. The van der Waals surface area contributed by atoms with E-state index in [9.17, 15) is 10.1 Å². The molecule has 0 fully saturated rings. The van der Waals surface area contributed by atoms with E-state index in [-0.39, 0.29) is 5.57 Å². The number of carbonyl (C=O) groups excluding carboxylic acids is 1. The summed E-state index contributed by atoms with van der Waals surface area (Å²) in [6, 6.07) is 11.4. The molecule has 128 valence electrons. The average Bonchev–Trinajstić information content (AvgIpc) is 2.54. The van der Waals surface area contributed by atoms with Crippen LogP contribution in [-0.4, -0.2) is 13.0 Å². The van der Waals surface area contributed by atoms with Crippen molar-refractivity contribution in [1.82, 2.24) is 0 Å². The fourth-order valence-electron chi connectivity index (χ4n) is 1.88. The number of nitrogens with zero attached hydrogens (tertiary/aromatic N) is 1. The fraction of sp³-hybridized carbons (Fsp3) is 0.0588. The normalized spacial score (nSPS) is 10.8. The van der Waals surface area contributed by atoms with Gasteiger partial charge in [0.25, 0.3) is 5.91 Å². The molecule has 0 unspecified atom stereocenters. The van der Waals surface area contributed by atoms with Crippen molar-refractivity contribution in [2.24, 2.45) is 0 Å². The second-order valence-electron chi connectivity index (χ2n) is 4.78. The van der Waals surface area contributed by atoms with Gasteiger partial charge < -0.3 is 15.4 Å². The molecule has 0 bridgehead atoms. The molecule has 0 saturated carbocycles. The minimum absolute atomic E-state index is 0.136. The predicted octanol–water partition coefficient (Wildman–Crippen LogP) is 5.11. The lowest BCUT2D eigenvalue weighted by Crippen LogP contribution is -2.14. The first kappa shape index (κ1) is 18.9. The van der Waals surface area contributed by atoms with Crippen molar-refractivity contribution in [2.45, 2.75) is 0 Å². The van der Waals surface area contributed by atoms with Crippen LogP contribution < -0.4 is 15.4 Å². The van der Waals surface area contributed by atoms with E-state index >= 15 is 0 Å². The summed E-state index contributed by atoms with van der Waals surface area (Å²) in [5, 5.41) is 15.8. The van der Waals surface area contributed by atoms with E-state index in [2.05, 4.69) is 10.6 Å². The molecule has 1 amide bonds. The number of ether oxygens (including phenoxy) is 1. The van der Waals surface area contributed by atoms with Gasteiger partial charge in [0.15, 0.2) is 0 Å². The highest BCUT2D eigenvalue weighted by molar-refractivity contribution is 6.35. The standard InChI is InChI=1S/C17H12Cl3N3O2/c1-25-16-3-2-13(7-15(16)20)23-17(24)10(8-21)9-22-14-5-11(18)4-12(19)6-14/h2-7,9,22H,1H3,(H,23,24)/b10-9-. The summed E-state index contributed by atoms with van der Waals surface area (Å²) in [5.41, 5.74) is 0.844. The molecule has 25 heavy (non-hydrogen) atoms. The third-order valence-electron chi connectivity index (χ3n) is 3.02. The molecule has 8 heteroatoms. The summed E-state index contributed by atoms with van der Waals surface area (Å²) < 4.78 is 5.04. The van der Waals surface area contributed by atoms with Gasteiger partial charge in [-0.05, 0) is 36.4 Å². The van der Waals surface area contributed by atoms with Gasteiger partial charge in [0.2, 0.25) is 0 Å². The Balaban J connectivity index is 2.12. The maximum atomic E-state index is 12.2. The van der Waals surface area contributed by atoms with Gasteiger partial charge in [0.1, 0.15) is 17.4 Å². The van der Waals surface area contributed by atoms with E-state index in [1.54, 1.807) is 30.3 Å². The molecule has 2 rings (SSSR count). The van der Waals surface area contributed by atoms with Gasteiger partial charge >= 0.3 is 0 Å². The molecule has 2 aromatic carbocycles. The smallest absolute Gasteiger partial charge is 0.267 e. The second kappa shape index (κ2) is 8.63. The molecule has 2 N–H and O–H groups in total. The minimum atomic E-state index is -0.593. The zero-order chi connectivity index (χ0) is 18.4. The minimum Gasteiger partial charge on any atom is -0.495 e. The third-order valence-corrected chi connectivity index (χ3v) is 3.75. The van der Waals surface area contributed by atoms with E-state index in [4.69, 9.17) is 39.5 Å². The number of amides is 1. The first-order chi connectivity index (χ1) is 11.9. The molecule has 0 aliphatic heterocycles. The van der Waals surface area contributed by atoms with Crippen LogP contribution in [0.2, 0.25) is 15.1 Å². The Kier molecular flexibility index (Phi) is 6.54. The quantitative estimate of drug-likeness (QED) is 0.544. The highest BCUT2D eigenvalue weighted by Crippen LogP contribution is 2.27. The molecule has 5 nitrogen and oxygen atoms in total. The molecule has 0 radical (unpaired) electrons. The van der Waals surface area contributed by atoms with Crippen molar-refractivity contribution < 1.29 is 9.53 Å². The number of hydrogen-bond donors (Lipinski definition) is 2. The molecular formula is C17H12Cl3N3O2. The van der Waals surface area contributed by atoms with Gasteiger partial charge in [-0.25, -0.2) is 0 Å². The largest absolute Gasteiger partial charge is 0.495 e. The number of nitrogens with one attached hydrogen (secondary N) is 2. The zero-order valence-electron chi connectivity index (χ0n) is 12.9. The van der Waals surface area contributed by atoms with Gasteiger partial charge in [0.05, 0.1) is 12.1 Å². The van der Waals surface area contributed by atoms with Gasteiger partial charge in [-0.3, -0.25) is 4.79 Å². The Morgan fingerprint density at radius 2 is 1.80 bits per heavy atom. The Labute approximate surface area is 159 Å². The SMILES string of the molecule is COc1ccc(NC(=O)/C(C#N)=C\Nc2cc(Cl)cc(Cl)c2)cc1Cl. The van der Waals surface area contributed by atoms with Crippen LogP contribution in [0.3, 0.4) is 0 Å². The summed E-state index contributed by atoms with van der Waals surface area (Å²) in [6.45, 7) is 0. The van der Waals surface area contributed by atoms with Crippen LogP contribution in [0.15, 0.2) is 48.2 Å². The van der Waals surface area contributed by atoms with Crippen LogP contribution in [0.1, 0.15) is 0 Å². The zero-order valence-corrected chi connectivity index (χ0v) is 15.2. The van der Waals surface area contributed by atoms with Crippen LogP contribution in [0.25, 0.3) is 0 Å². The van der Waals surface area contributed by atoms with Crippen LogP contribution >= 0.6 is 34.8 Å². The first-order valence-electron chi connectivity index (χ1n) is 6.90. The van der Waals surface area contributed by atoms with E-state index < -0.39 is 5.91 Å². The molecule has 0 aliphatic carbocycles. The van der Waals surface area contributed by atoms with Crippen LogP contribution in [0, 0.1) is 11.3 Å². The summed E-state index contributed by atoms with van der Waals surface area (Å²) >= 11 is 17.8. The molecule has 0 saturated heterocycles. The van der Waals surface area contributed by atoms with Crippen molar-refractivity contribution in [3.05, 3.63) is 63.2 Å². The average molecular weight is 397 g/mol. The summed E-state index contributed by atoms with van der Waals surface area (Å²) in [7, 11) is 1.49. The number of carbonyl (C=O) groups is 1. The van der Waals surface area contributed by atoms with Gasteiger partial charge in [-0.15, -0.1) is 0 Å². The number of benzene rings is 2. The van der Waals surface area contributed by atoms with Gasteiger partial charge in [-0.2, -0.15) is 5.26 Å². The van der Waals surface area contributed by atoms with Crippen LogP contribution in [-0.2, 0) is 4.79 Å². The van der Waals surface area contributed by atoms with Crippen molar-refractivity contribution in [3.8, 4) is 11.8 Å². The van der Waals surface area contributed by atoms with Crippen molar-refractivity contribution in [1.29, 1.82) is 5.26 Å². The number of hydrogen-bond acceptors (Lipinski definition) is 4. The number of rotatable bonds is 5. The number of methoxy groups -OCH3 is 1. The number of halogens is 3. The monoisotopic (exact) mass is 395 g/mol. The lowest BCUT2D eigenvalue weighted by atomic mass is 10.2. The summed E-state index contributed by atoms with van der Waals surface area (Å²) in [6.07, 6.45) is 1.27. The Bertz CT molecular complexity index is 856. The Hall–Kier alpha value is -2.39. The Morgan fingerprint density at radius 1 is 1.12 bits per heavy atom. The molecule has 2 aromatic rings. The molecule has 0 aliphatic rings. The summed E-state index contributed by atoms with van der Waals surface area (Å²) in [5.74, 6) is -0.112. The fourth-order valence-corrected chi connectivity index (χ4v) is 2.67. The number of anilines is 2. The lowest BCUT2D eigenvalue weighted by Gasteiger charge is -2.08. The van der Waals surface area contributed by atoms with E-state index in [1.807, 2.05) is 6.07 Å². The Morgan fingerprint density at radius 3 is 2.36 bits per heavy atom. The lowest BCUT2D eigenvalue weighted by molar-refractivity contribution is -0.112. The van der Waals surface area contributed by atoms with Crippen molar-refractivity contribution in [2.75, 3.05) is 17.7 Å². The van der Waals surface area contributed by atoms with Crippen molar-refractivity contribution >= 4 is 52.1 Å². The number of nitriles is 1. The maximum Gasteiger partial charge on any atom is 0.267 e. The highest BCUT2D eigenvalue weighted by Gasteiger charge is 2.11. The molecule has 0 aromatic heterocycles. The van der Waals surface area contributed by atoms with Gasteiger partial charge in [-0.1, -0.05) is 34.8 Å². The van der Waals surface area contributed by atoms with Gasteiger partial charge in [0, 0.05) is 27.6 Å². The topological polar surface area (TPSA) is 74.1 Å². The van der Waals surface area contributed by atoms with Crippen LogP contribution in [0.4, 0.5) is 11.4 Å². The molecule has 0 atom stereocenters. The molecular weight excluding hydrogens is 385 g/mol. The second-order valence-corrected chi connectivity index (χ2v) is 6.06. The first-order valence-corrected chi connectivity index (χ1v) is 8.04. The molecule has 0 heterocycles. The summed E-state index contributed by atoms with van der Waals surface area (Å²) in [4.78, 5) is 12.2. The molecule has 0 spiro atoms. The van der Waals surface area contributed by atoms with E-state index in [0.717, 1.165) is 0 Å². The van der Waals surface area contributed by atoms with Crippen molar-refractivity contribution in [3.63, 3.8) is 0 Å². The highest BCUT2D eigenvalue weighted by atomic mass is 35.5.